The summed E-state index contributed by atoms with van der Waals surface area (Å²) in [6.45, 7) is 4.36. The number of aromatic nitrogens is 1. The minimum Gasteiger partial charge on any atom is -0.481 e. The Morgan fingerprint density at radius 2 is 2.14 bits per heavy atom. The molecule has 1 unspecified atom stereocenters. The molecule has 14 heavy (non-hydrogen) atoms. The first-order valence-electron chi connectivity index (χ1n) is 4.79. The molecule has 1 aliphatic carbocycles. The molecular weight excluding hydrogens is 176 g/mol. The van der Waals surface area contributed by atoms with E-state index < -0.39 is 0 Å². The molecule has 0 aromatic carbocycles. The van der Waals surface area contributed by atoms with Gasteiger partial charge in [0, 0.05) is 17.8 Å². The monoisotopic (exact) mass is 192 g/mol. The highest BCUT2D eigenvalue weighted by molar-refractivity contribution is 5.36. The fourth-order valence-corrected chi connectivity index (χ4v) is 1.94. The van der Waals surface area contributed by atoms with Gasteiger partial charge in [-0.25, -0.2) is 4.98 Å². The van der Waals surface area contributed by atoms with Gasteiger partial charge >= 0.3 is 0 Å². The molecule has 0 saturated heterocycles. The average molecular weight is 192 g/mol. The minimum atomic E-state index is -0.191. The molecule has 3 heteroatoms. The molecule has 3 nitrogen and oxygen atoms in total. The van der Waals surface area contributed by atoms with E-state index in [1.165, 1.54) is 0 Å². The lowest BCUT2D eigenvalue weighted by molar-refractivity contribution is 0.395. The molecule has 1 atom stereocenters. The average Bonchev–Trinajstić information content (AvgIpc) is 2.68. The first-order chi connectivity index (χ1) is 6.49. The van der Waals surface area contributed by atoms with Crippen LogP contribution < -0.4 is 10.5 Å². The number of methoxy groups -OCH3 is 1. The second-order valence-corrected chi connectivity index (χ2v) is 4.62. The van der Waals surface area contributed by atoms with Gasteiger partial charge in [-0.05, 0) is 23.5 Å². The van der Waals surface area contributed by atoms with Gasteiger partial charge < -0.3 is 10.5 Å². The highest BCUT2D eigenvalue weighted by atomic mass is 16.5. The molecule has 0 bridgehead atoms. The zero-order valence-corrected chi connectivity index (χ0v) is 8.87. The van der Waals surface area contributed by atoms with E-state index in [1.54, 1.807) is 13.3 Å². The lowest BCUT2D eigenvalue weighted by Crippen LogP contribution is -2.25. The van der Waals surface area contributed by atoms with Crippen molar-refractivity contribution in [3.05, 3.63) is 23.9 Å². The maximum absolute atomic E-state index is 6.29. The van der Waals surface area contributed by atoms with Gasteiger partial charge in [0.1, 0.15) is 0 Å². The van der Waals surface area contributed by atoms with E-state index in [0.29, 0.717) is 5.88 Å². The van der Waals surface area contributed by atoms with Crippen molar-refractivity contribution in [1.29, 1.82) is 0 Å². The maximum atomic E-state index is 6.29. The Kier molecular flexibility index (Phi) is 1.83. The lowest BCUT2D eigenvalue weighted by atomic mass is 9.98. The lowest BCUT2D eigenvalue weighted by Gasteiger charge is -2.15. The summed E-state index contributed by atoms with van der Waals surface area (Å²) in [4.78, 5) is 4.07. The van der Waals surface area contributed by atoms with Gasteiger partial charge in [0.25, 0.3) is 0 Å². The van der Waals surface area contributed by atoms with Gasteiger partial charge in [0.05, 0.1) is 7.11 Å². The third-order valence-electron chi connectivity index (χ3n) is 3.26. The summed E-state index contributed by atoms with van der Waals surface area (Å²) in [5.74, 6) is 0.634. The van der Waals surface area contributed by atoms with Crippen LogP contribution in [-0.4, -0.2) is 12.1 Å². The molecule has 76 valence electrons. The fourth-order valence-electron chi connectivity index (χ4n) is 1.94. The molecule has 2 N–H and O–H groups in total. The third-order valence-corrected chi connectivity index (χ3v) is 3.26. The van der Waals surface area contributed by atoms with Crippen LogP contribution in [0.25, 0.3) is 0 Å². The van der Waals surface area contributed by atoms with Crippen LogP contribution in [0.4, 0.5) is 0 Å². The summed E-state index contributed by atoms with van der Waals surface area (Å²) in [7, 11) is 1.62. The molecule has 1 aliphatic rings. The van der Waals surface area contributed by atoms with Crippen LogP contribution in [-0.2, 0) is 5.54 Å². The van der Waals surface area contributed by atoms with Crippen molar-refractivity contribution in [2.75, 3.05) is 7.11 Å². The summed E-state index contributed by atoms with van der Waals surface area (Å²) in [5.41, 5.74) is 7.41. The number of ether oxygens (including phenoxy) is 1. The van der Waals surface area contributed by atoms with E-state index in [2.05, 4.69) is 18.8 Å². The van der Waals surface area contributed by atoms with Crippen LogP contribution in [0, 0.1) is 5.41 Å². The van der Waals surface area contributed by atoms with Crippen LogP contribution >= 0.6 is 0 Å². The smallest absolute Gasteiger partial charge is 0.213 e. The second-order valence-electron chi connectivity index (χ2n) is 4.62. The fraction of sp³-hybridized carbons (Fsp3) is 0.545. The van der Waals surface area contributed by atoms with Crippen molar-refractivity contribution in [2.24, 2.45) is 11.1 Å². The van der Waals surface area contributed by atoms with E-state index in [4.69, 9.17) is 10.5 Å². The Labute approximate surface area is 84.3 Å². The highest BCUT2D eigenvalue weighted by Crippen LogP contribution is 2.60. The predicted molar refractivity (Wildman–Crippen MR) is 55.1 cm³/mol. The zero-order chi connectivity index (χ0) is 10.4. The van der Waals surface area contributed by atoms with Gasteiger partial charge in [-0.3, -0.25) is 0 Å². The van der Waals surface area contributed by atoms with Gasteiger partial charge in [-0.2, -0.15) is 0 Å². The molecule has 0 aliphatic heterocycles. The number of hydrogen-bond acceptors (Lipinski definition) is 3. The summed E-state index contributed by atoms with van der Waals surface area (Å²) >= 11 is 0. The van der Waals surface area contributed by atoms with Crippen molar-refractivity contribution in [1.82, 2.24) is 4.98 Å². The molecule has 1 heterocycles. The number of pyridine rings is 1. The summed E-state index contributed by atoms with van der Waals surface area (Å²) in [6.07, 6.45) is 2.77. The van der Waals surface area contributed by atoms with Crippen molar-refractivity contribution in [3.63, 3.8) is 0 Å². The molecule has 1 fully saturated rings. The summed E-state index contributed by atoms with van der Waals surface area (Å²) < 4.78 is 5.08. The van der Waals surface area contributed by atoms with Crippen molar-refractivity contribution >= 4 is 0 Å². The van der Waals surface area contributed by atoms with Crippen LogP contribution in [0.3, 0.4) is 0 Å². The Bertz CT molecular complexity index is 362. The molecule has 0 amide bonds. The topological polar surface area (TPSA) is 48.1 Å². The number of rotatable bonds is 2. The SMILES string of the molecule is COc1cc(C2(N)CC2(C)C)ccn1. The first-order valence-corrected chi connectivity index (χ1v) is 4.79. The van der Waals surface area contributed by atoms with E-state index in [-0.39, 0.29) is 11.0 Å². The Morgan fingerprint density at radius 1 is 1.50 bits per heavy atom. The molecular formula is C11H16N2O. The van der Waals surface area contributed by atoms with Crippen molar-refractivity contribution < 1.29 is 4.74 Å². The standard InChI is InChI=1S/C11H16N2O/c1-10(2)7-11(10,12)8-4-5-13-9(6-8)14-3/h4-6H,7,12H2,1-3H3. The normalized spacial score (nSPS) is 28.6. The van der Waals surface area contributed by atoms with Crippen molar-refractivity contribution in [3.8, 4) is 5.88 Å². The molecule has 1 aromatic heterocycles. The summed E-state index contributed by atoms with van der Waals surface area (Å²) in [5, 5.41) is 0. The Hall–Kier alpha value is -1.09. The molecule has 1 saturated carbocycles. The van der Waals surface area contributed by atoms with E-state index in [9.17, 15) is 0 Å². The number of hydrogen-bond donors (Lipinski definition) is 1. The van der Waals surface area contributed by atoms with Crippen LogP contribution in [0.5, 0.6) is 5.88 Å². The number of nitrogens with two attached hydrogens (primary N) is 1. The Morgan fingerprint density at radius 3 is 2.64 bits per heavy atom. The third kappa shape index (κ3) is 1.20. The molecule has 0 radical (unpaired) electrons. The molecule has 0 spiro atoms. The van der Waals surface area contributed by atoms with Crippen molar-refractivity contribution in [2.45, 2.75) is 25.8 Å². The number of nitrogens with zero attached hydrogens (tertiary/aromatic N) is 1. The predicted octanol–water partition coefficient (Wildman–Crippen LogP) is 1.67. The van der Waals surface area contributed by atoms with E-state index in [1.807, 2.05) is 12.1 Å². The first kappa shape index (κ1) is 9.46. The largest absolute Gasteiger partial charge is 0.481 e. The molecule has 2 rings (SSSR count). The van der Waals surface area contributed by atoms with Gasteiger partial charge in [0.15, 0.2) is 0 Å². The minimum absolute atomic E-state index is 0.191. The summed E-state index contributed by atoms with van der Waals surface area (Å²) in [6, 6.07) is 3.89. The van der Waals surface area contributed by atoms with E-state index >= 15 is 0 Å². The maximum Gasteiger partial charge on any atom is 0.213 e. The van der Waals surface area contributed by atoms with Gasteiger partial charge in [0.2, 0.25) is 5.88 Å². The van der Waals surface area contributed by atoms with Gasteiger partial charge in [-0.1, -0.05) is 13.8 Å². The van der Waals surface area contributed by atoms with Crippen LogP contribution in [0.1, 0.15) is 25.8 Å². The Balaban J connectivity index is 2.34. The van der Waals surface area contributed by atoms with Crippen LogP contribution in [0.2, 0.25) is 0 Å². The highest BCUT2D eigenvalue weighted by Gasteiger charge is 2.59. The second kappa shape index (κ2) is 2.70. The quantitative estimate of drug-likeness (QED) is 0.775. The molecule has 1 aromatic rings. The zero-order valence-electron chi connectivity index (χ0n) is 8.87. The van der Waals surface area contributed by atoms with Gasteiger partial charge in [-0.15, -0.1) is 0 Å². The van der Waals surface area contributed by atoms with E-state index in [0.717, 1.165) is 12.0 Å². The van der Waals surface area contributed by atoms with Crippen LogP contribution in [0.15, 0.2) is 18.3 Å².